The van der Waals surface area contributed by atoms with E-state index in [1.54, 1.807) is 0 Å². The van der Waals surface area contributed by atoms with Crippen molar-refractivity contribution in [2.75, 3.05) is 18.0 Å². The highest BCUT2D eigenvalue weighted by atomic mass is 79.9. The van der Waals surface area contributed by atoms with Crippen molar-refractivity contribution < 1.29 is 0 Å². The lowest BCUT2D eigenvalue weighted by molar-refractivity contribution is 0.588. The summed E-state index contributed by atoms with van der Waals surface area (Å²) in [5.41, 5.74) is 2.68. The zero-order chi connectivity index (χ0) is 15.7. The van der Waals surface area contributed by atoms with Crippen LogP contribution in [0.3, 0.4) is 0 Å². The van der Waals surface area contributed by atoms with Gasteiger partial charge in [0.2, 0.25) is 0 Å². The van der Waals surface area contributed by atoms with Crippen molar-refractivity contribution in [2.24, 2.45) is 0 Å². The Kier molecular flexibility index (Phi) is 9.02. The van der Waals surface area contributed by atoms with Crippen molar-refractivity contribution >= 4 is 21.6 Å². The van der Waals surface area contributed by atoms with Crippen LogP contribution in [0.25, 0.3) is 0 Å². The largest absolute Gasteiger partial charge is 0.371 e. The van der Waals surface area contributed by atoms with Crippen LogP contribution in [0.15, 0.2) is 22.7 Å². The van der Waals surface area contributed by atoms with Gasteiger partial charge >= 0.3 is 0 Å². The van der Waals surface area contributed by atoms with E-state index < -0.39 is 0 Å². The van der Waals surface area contributed by atoms with E-state index in [1.807, 2.05) is 0 Å². The van der Waals surface area contributed by atoms with Gasteiger partial charge in [0.1, 0.15) is 0 Å². The number of nitrogens with one attached hydrogen (secondary N) is 1. The molecule has 0 fully saturated rings. The fourth-order valence-electron chi connectivity index (χ4n) is 2.29. The Morgan fingerprint density at radius 2 is 1.71 bits per heavy atom. The fraction of sp³-hybridized carbons (Fsp3) is 0.667. The molecule has 0 heterocycles. The van der Waals surface area contributed by atoms with Crippen LogP contribution in [-0.4, -0.2) is 19.1 Å². The van der Waals surface area contributed by atoms with Gasteiger partial charge < -0.3 is 10.2 Å². The standard InChI is InChI=1S/C18H31BrN2/c1-5-7-11-21(12-8-6-2)18-10-9-16(13-17(18)19)14-20-15(3)4/h9-10,13,15,20H,5-8,11-12,14H2,1-4H3. The van der Waals surface area contributed by atoms with Crippen molar-refractivity contribution in [1.82, 2.24) is 5.32 Å². The van der Waals surface area contributed by atoms with Gasteiger partial charge in [-0.3, -0.25) is 0 Å². The Balaban J connectivity index is 2.77. The van der Waals surface area contributed by atoms with Gasteiger partial charge in [-0.05, 0) is 46.5 Å². The van der Waals surface area contributed by atoms with E-state index in [-0.39, 0.29) is 0 Å². The number of anilines is 1. The molecule has 0 aliphatic heterocycles. The van der Waals surface area contributed by atoms with E-state index in [9.17, 15) is 0 Å². The normalized spacial score (nSPS) is 11.1. The van der Waals surface area contributed by atoms with Crippen LogP contribution < -0.4 is 10.2 Å². The summed E-state index contributed by atoms with van der Waals surface area (Å²) in [7, 11) is 0. The minimum atomic E-state index is 0.522. The third kappa shape index (κ3) is 6.84. The van der Waals surface area contributed by atoms with Crippen molar-refractivity contribution in [3.8, 4) is 0 Å². The number of hydrogen-bond donors (Lipinski definition) is 1. The maximum absolute atomic E-state index is 3.77. The molecule has 1 aromatic rings. The molecule has 2 nitrogen and oxygen atoms in total. The van der Waals surface area contributed by atoms with E-state index in [1.165, 1.54) is 41.4 Å². The second-order valence-corrected chi connectivity index (χ2v) is 6.87. The Labute approximate surface area is 139 Å². The molecule has 0 amide bonds. The average molecular weight is 355 g/mol. The van der Waals surface area contributed by atoms with E-state index in [2.05, 4.69) is 72.0 Å². The lowest BCUT2D eigenvalue weighted by atomic mass is 10.1. The maximum Gasteiger partial charge on any atom is 0.0510 e. The third-order valence-corrected chi connectivity index (χ3v) is 4.27. The predicted molar refractivity (Wildman–Crippen MR) is 98.1 cm³/mol. The van der Waals surface area contributed by atoms with Crippen LogP contribution in [0.1, 0.15) is 58.9 Å². The van der Waals surface area contributed by atoms with Gasteiger partial charge in [-0.25, -0.2) is 0 Å². The Hall–Kier alpha value is -0.540. The molecule has 0 spiro atoms. The summed E-state index contributed by atoms with van der Waals surface area (Å²) in [6, 6.07) is 7.30. The molecular weight excluding hydrogens is 324 g/mol. The first-order valence-corrected chi connectivity index (χ1v) is 9.14. The topological polar surface area (TPSA) is 15.3 Å². The summed E-state index contributed by atoms with van der Waals surface area (Å²) < 4.78 is 1.22. The first-order valence-electron chi connectivity index (χ1n) is 8.35. The molecule has 0 unspecified atom stereocenters. The van der Waals surface area contributed by atoms with Gasteiger partial charge in [0, 0.05) is 30.1 Å². The number of unbranched alkanes of at least 4 members (excludes halogenated alkanes) is 2. The molecule has 1 rings (SSSR count). The SMILES string of the molecule is CCCCN(CCCC)c1ccc(CNC(C)C)cc1Br. The first kappa shape index (κ1) is 18.5. The molecule has 0 aliphatic carbocycles. The highest BCUT2D eigenvalue weighted by Crippen LogP contribution is 2.28. The van der Waals surface area contributed by atoms with E-state index in [0.29, 0.717) is 6.04 Å². The van der Waals surface area contributed by atoms with Crippen molar-refractivity contribution in [1.29, 1.82) is 0 Å². The Morgan fingerprint density at radius 3 is 2.19 bits per heavy atom. The number of benzene rings is 1. The molecule has 120 valence electrons. The molecule has 0 bridgehead atoms. The van der Waals surface area contributed by atoms with Crippen molar-refractivity contribution in [3.05, 3.63) is 28.2 Å². The zero-order valence-electron chi connectivity index (χ0n) is 14.1. The van der Waals surface area contributed by atoms with E-state index in [0.717, 1.165) is 19.6 Å². The van der Waals surface area contributed by atoms with Gasteiger partial charge in [0.25, 0.3) is 0 Å². The minimum Gasteiger partial charge on any atom is -0.371 e. The predicted octanol–water partition coefficient (Wildman–Crippen LogP) is 5.35. The second kappa shape index (κ2) is 10.2. The van der Waals surface area contributed by atoms with E-state index in [4.69, 9.17) is 0 Å². The molecule has 0 saturated carbocycles. The highest BCUT2D eigenvalue weighted by molar-refractivity contribution is 9.10. The summed E-state index contributed by atoms with van der Waals surface area (Å²) in [6.07, 6.45) is 5.01. The van der Waals surface area contributed by atoms with Crippen LogP contribution in [0, 0.1) is 0 Å². The second-order valence-electron chi connectivity index (χ2n) is 6.02. The molecule has 1 aromatic carbocycles. The fourth-order valence-corrected chi connectivity index (χ4v) is 2.97. The first-order chi connectivity index (χ1) is 10.1. The Morgan fingerprint density at radius 1 is 1.10 bits per heavy atom. The summed E-state index contributed by atoms with van der Waals surface area (Å²) in [5, 5.41) is 3.47. The summed E-state index contributed by atoms with van der Waals surface area (Å²) in [4.78, 5) is 2.52. The Bertz CT molecular complexity index is 396. The molecule has 0 radical (unpaired) electrons. The minimum absolute atomic E-state index is 0.522. The molecule has 0 aliphatic rings. The quantitative estimate of drug-likeness (QED) is 0.608. The highest BCUT2D eigenvalue weighted by Gasteiger charge is 2.10. The maximum atomic E-state index is 3.77. The zero-order valence-corrected chi connectivity index (χ0v) is 15.7. The average Bonchev–Trinajstić information content (AvgIpc) is 2.46. The number of halogens is 1. The number of rotatable bonds is 10. The van der Waals surface area contributed by atoms with Gasteiger partial charge in [-0.1, -0.05) is 46.6 Å². The van der Waals surface area contributed by atoms with Gasteiger partial charge in [-0.15, -0.1) is 0 Å². The van der Waals surface area contributed by atoms with Crippen LogP contribution >= 0.6 is 15.9 Å². The number of hydrogen-bond acceptors (Lipinski definition) is 2. The third-order valence-electron chi connectivity index (χ3n) is 3.63. The molecule has 0 aromatic heterocycles. The molecule has 3 heteroatoms. The van der Waals surface area contributed by atoms with Gasteiger partial charge in [0.15, 0.2) is 0 Å². The molecule has 1 N–H and O–H groups in total. The van der Waals surface area contributed by atoms with Crippen LogP contribution in [0.5, 0.6) is 0 Å². The smallest absolute Gasteiger partial charge is 0.0510 e. The molecule has 21 heavy (non-hydrogen) atoms. The lowest BCUT2D eigenvalue weighted by Crippen LogP contribution is -2.26. The summed E-state index contributed by atoms with van der Waals surface area (Å²) in [6.45, 7) is 12.1. The molecule has 0 saturated heterocycles. The van der Waals surface area contributed by atoms with Crippen LogP contribution in [0.4, 0.5) is 5.69 Å². The van der Waals surface area contributed by atoms with Gasteiger partial charge in [0.05, 0.1) is 5.69 Å². The monoisotopic (exact) mass is 354 g/mol. The summed E-state index contributed by atoms with van der Waals surface area (Å²) >= 11 is 3.77. The molecule has 0 atom stereocenters. The van der Waals surface area contributed by atoms with Crippen molar-refractivity contribution in [3.63, 3.8) is 0 Å². The lowest BCUT2D eigenvalue weighted by Gasteiger charge is -2.26. The number of nitrogens with zero attached hydrogens (tertiary/aromatic N) is 1. The molecular formula is C18H31BrN2. The van der Waals surface area contributed by atoms with E-state index >= 15 is 0 Å². The van der Waals surface area contributed by atoms with Crippen LogP contribution in [-0.2, 0) is 6.54 Å². The summed E-state index contributed by atoms with van der Waals surface area (Å²) in [5.74, 6) is 0. The van der Waals surface area contributed by atoms with Gasteiger partial charge in [-0.2, -0.15) is 0 Å². The van der Waals surface area contributed by atoms with Crippen LogP contribution in [0.2, 0.25) is 0 Å². The van der Waals surface area contributed by atoms with Crippen molar-refractivity contribution in [2.45, 2.75) is 66.0 Å².